The predicted molar refractivity (Wildman–Crippen MR) is 224 cm³/mol. The number of fused-ring (bicyclic) bond motifs is 3. The maximum absolute atomic E-state index is 3.86. The van der Waals surface area contributed by atoms with Gasteiger partial charge in [-0.05, 0) is 106 Å². The lowest BCUT2D eigenvalue weighted by molar-refractivity contribution is 0.890. The van der Waals surface area contributed by atoms with Gasteiger partial charge in [-0.2, -0.15) is 0 Å². The zero-order valence-corrected chi connectivity index (χ0v) is 30.0. The number of benzene rings is 4. The van der Waals surface area contributed by atoms with Gasteiger partial charge < -0.3 is 5.32 Å². The summed E-state index contributed by atoms with van der Waals surface area (Å²) in [5.41, 5.74) is 15.9. The van der Waals surface area contributed by atoms with Crippen molar-refractivity contribution in [1.82, 2.24) is 0 Å². The Labute approximate surface area is 305 Å². The van der Waals surface area contributed by atoms with Crippen LogP contribution in [0.3, 0.4) is 0 Å². The van der Waals surface area contributed by atoms with Gasteiger partial charge in [0.15, 0.2) is 0 Å². The third-order valence-electron chi connectivity index (χ3n) is 9.55. The van der Waals surface area contributed by atoms with Crippen LogP contribution in [-0.2, 0) is 0 Å². The maximum Gasteiger partial charge on any atom is 0.0459 e. The molecule has 0 spiro atoms. The van der Waals surface area contributed by atoms with Crippen LogP contribution in [0.4, 0.5) is 5.69 Å². The average Bonchev–Trinajstić information content (AvgIpc) is 3.59. The van der Waals surface area contributed by atoms with E-state index in [4.69, 9.17) is 0 Å². The fraction of sp³-hybridized carbons (Fsp3) is 0.120. The number of para-hydroxylation sites is 1. The zero-order chi connectivity index (χ0) is 35.4. The largest absolute Gasteiger partial charge is 0.361 e. The van der Waals surface area contributed by atoms with Gasteiger partial charge in [0.1, 0.15) is 0 Å². The van der Waals surface area contributed by atoms with Crippen LogP contribution < -0.4 is 5.32 Å². The molecule has 0 radical (unpaired) electrons. The SMILES string of the molecule is C=CC/C=C/c1cccc([C@H](C)\C(=C/C(=C\C=C\C)c2ccc3c(c2)-c2ccccc2N/C=C/C=C(c2ccccc2)\C=C/3)C2=C(C)C=CC2)c1. The van der Waals surface area contributed by atoms with Gasteiger partial charge in [-0.15, -0.1) is 6.58 Å². The third kappa shape index (κ3) is 8.63. The molecule has 1 heteroatoms. The van der Waals surface area contributed by atoms with Gasteiger partial charge in [0.25, 0.3) is 0 Å². The van der Waals surface area contributed by atoms with E-state index >= 15 is 0 Å². The van der Waals surface area contributed by atoms with Gasteiger partial charge in [0, 0.05) is 23.4 Å². The van der Waals surface area contributed by atoms with Crippen LogP contribution in [0.1, 0.15) is 67.3 Å². The van der Waals surface area contributed by atoms with Gasteiger partial charge in [-0.1, -0.05) is 165 Å². The predicted octanol–water partition coefficient (Wildman–Crippen LogP) is 13.9. The first-order valence-electron chi connectivity index (χ1n) is 17.9. The van der Waals surface area contributed by atoms with E-state index in [0.717, 1.165) is 29.7 Å². The average molecular weight is 662 g/mol. The Hall–Kier alpha value is -5.92. The normalized spacial score (nSPS) is 17.7. The lowest BCUT2D eigenvalue weighted by Crippen LogP contribution is -2.03. The topological polar surface area (TPSA) is 12.0 Å². The number of hydrogen-bond acceptors (Lipinski definition) is 1. The second-order valence-electron chi connectivity index (χ2n) is 13.0. The Morgan fingerprint density at radius 3 is 2.53 bits per heavy atom. The summed E-state index contributed by atoms with van der Waals surface area (Å²) in [6.07, 6.45) is 32.3. The highest BCUT2D eigenvalue weighted by molar-refractivity contribution is 5.90. The quantitative estimate of drug-likeness (QED) is 0.132. The summed E-state index contributed by atoms with van der Waals surface area (Å²) in [5.74, 6) is 0.194. The standard InChI is InChI=1S/C50H47N/c1-5-7-10-19-39-20-16-24-43(34-39)38(4)48(46-27-15-18-37(46)3)35-44(21-8-6-2)45-32-31-42-30-29-41(40-22-11-9-12-23-40)25-17-33-51-50-28-14-13-26-47(50)49(42)36-45/h5-6,8-26,28-36,38,51H,1,7,27H2,2-4H3/b8-6+,19-10+,30-29-,33-17+,41-25+,44-21+,48-35+/t38-/m0/s1. The molecule has 0 bridgehead atoms. The summed E-state index contributed by atoms with van der Waals surface area (Å²) in [6, 6.07) is 35.0. The second kappa shape index (κ2) is 17.1. The molecule has 0 amide bonds. The number of rotatable bonds is 10. The van der Waals surface area contributed by atoms with Crippen molar-refractivity contribution in [2.75, 3.05) is 5.32 Å². The van der Waals surface area contributed by atoms with Crippen molar-refractivity contribution in [1.29, 1.82) is 0 Å². The smallest absolute Gasteiger partial charge is 0.0459 e. The molecule has 0 unspecified atom stereocenters. The highest BCUT2D eigenvalue weighted by Crippen LogP contribution is 2.40. The summed E-state index contributed by atoms with van der Waals surface area (Å²) in [5, 5.41) is 3.57. The molecule has 252 valence electrons. The van der Waals surface area contributed by atoms with Crippen molar-refractivity contribution in [3.05, 3.63) is 221 Å². The van der Waals surface area contributed by atoms with Gasteiger partial charge in [-0.3, -0.25) is 0 Å². The Balaban J connectivity index is 1.49. The Bertz CT molecular complexity index is 2150. The van der Waals surface area contributed by atoms with Crippen molar-refractivity contribution in [3.63, 3.8) is 0 Å². The van der Waals surface area contributed by atoms with Crippen LogP contribution in [0, 0.1) is 0 Å². The first kappa shape index (κ1) is 34.9. The fourth-order valence-electron chi connectivity index (χ4n) is 6.75. The minimum absolute atomic E-state index is 0.194. The zero-order valence-electron chi connectivity index (χ0n) is 30.0. The molecule has 4 aromatic rings. The van der Waals surface area contributed by atoms with E-state index in [1.54, 1.807) is 0 Å². The first-order chi connectivity index (χ1) is 25.1. The van der Waals surface area contributed by atoms with Crippen molar-refractivity contribution >= 4 is 29.0 Å². The van der Waals surface area contributed by atoms with Crippen LogP contribution in [-0.4, -0.2) is 0 Å². The molecule has 1 aliphatic heterocycles. The number of anilines is 1. The van der Waals surface area contributed by atoms with E-state index < -0.39 is 0 Å². The van der Waals surface area contributed by atoms with Crippen molar-refractivity contribution in [2.45, 2.75) is 39.5 Å². The van der Waals surface area contributed by atoms with Crippen molar-refractivity contribution < 1.29 is 0 Å². The van der Waals surface area contributed by atoms with Crippen LogP contribution in [0.25, 0.3) is 34.4 Å². The molecule has 0 saturated carbocycles. The molecule has 1 atom stereocenters. The minimum Gasteiger partial charge on any atom is -0.361 e. The van der Waals surface area contributed by atoms with E-state index in [1.165, 1.54) is 55.7 Å². The van der Waals surface area contributed by atoms with E-state index in [9.17, 15) is 0 Å². The second-order valence-corrected chi connectivity index (χ2v) is 13.0. The molecule has 6 rings (SSSR count). The molecule has 1 nitrogen and oxygen atoms in total. The molecule has 1 aliphatic carbocycles. The molecular weight excluding hydrogens is 615 g/mol. The molecule has 0 fully saturated rings. The number of hydrogen-bond donors (Lipinski definition) is 1. The minimum atomic E-state index is 0.194. The van der Waals surface area contributed by atoms with Crippen molar-refractivity contribution in [3.8, 4) is 11.1 Å². The van der Waals surface area contributed by atoms with E-state index in [0.29, 0.717) is 0 Å². The summed E-state index contributed by atoms with van der Waals surface area (Å²) < 4.78 is 0. The molecule has 4 aromatic carbocycles. The molecule has 51 heavy (non-hydrogen) atoms. The highest BCUT2D eigenvalue weighted by Gasteiger charge is 2.20. The molecule has 0 saturated heterocycles. The monoisotopic (exact) mass is 661 g/mol. The lowest BCUT2D eigenvalue weighted by atomic mass is 9.83. The molecule has 1 N–H and O–H groups in total. The van der Waals surface area contributed by atoms with Gasteiger partial charge in [-0.25, -0.2) is 0 Å². The van der Waals surface area contributed by atoms with Crippen LogP contribution >= 0.6 is 0 Å². The summed E-state index contributed by atoms with van der Waals surface area (Å²) in [6.45, 7) is 10.5. The third-order valence-corrected chi connectivity index (χ3v) is 9.55. The fourth-order valence-corrected chi connectivity index (χ4v) is 6.75. The maximum atomic E-state index is 3.86. The number of nitrogens with one attached hydrogen (secondary N) is 1. The molecule has 0 aromatic heterocycles. The van der Waals surface area contributed by atoms with Crippen LogP contribution in [0.15, 0.2) is 193 Å². The van der Waals surface area contributed by atoms with E-state index in [1.807, 2.05) is 12.3 Å². The van der Waals surface area contributed by atoms with Crippen LogP contribution in [0.5, 0.6) is 0 Å². The summed E-state index contributed by atoms with van der Waals surface area (Å²) in [4.78, 5) is 0. The molecule has 2 aliphatic rings. The Kier molecular flexibility index (Phi) is 11.7. The van der Waals surface area contributed by atoms with Crippen molar-refractivity contribution in [2.24, 2.45) is 0 Å². The van der Waals surface area contributed by atoms with Crippen LogP contribution in [0.2, 0.25) is 0 Å². The van der Waals surface area contributed by atoms with E-state index in [-0.39, 0.29) is 5.92 Å². The first-order valence-corrected chi connectivity index (χ1v) is 17.9. The van der Waals surface area contributed by atoms with Gasteiger partial charge in [0.05, 0.1) is 0 Å². The highest BCUT2D eigenvalue weighted by atomic mass is 14.8. The lowest BCUT2D eigenvalue weighted by Gasteiger charge is -2.21. The van der Waals surface area contributed by atoms with Gasteiger partial charge >= 0.3 is 0 Å². The summed E-state index contributed by atoms with van der Waals surface area (Å²) in [7, 11) is 0. The number of allylic oxidation sites excluding steroid dienone is 16. The Morgan fingerprint density at radius 2 is 1.73 bits per heavy atom. The molecular formula is C50H47N. The van der Waals surface area contributed by atoms with E-state index in [2.05, 4.69) is 203 Å². The molecule has 1 heterocycles. The summed E-state index contributed by atoms with van der Waals surface area (Å²) >= 11 is 0. The Morgan fingerprint density at radius 1 is 0.882 bits per heavy atom. The van der Waals surface area contributed by atoms with Gasteiger partial charge in [0.2, 0.25) is 0 Å².